The molecule has 2 rings (SSSR count). The third-order valence-corrected chi connectivity index (χ3v) is 2.49. The van der Waals surface area contributed by atoms with Gasteiger partial charge in [0.1, 0.15) is 12.4 Å². The summed E-state index contributed by atoms with van der Waals surface area (Å²) in [6.07, 6.45) is 3.06. The van der Waals surface area contributed by atoms with Gasteiger partial charge in [0, 0.05) is 23.7 Å². The number of aliphatic hydroxyl groups excluding tert-OH is 1. The van der Waals surface area contributed by atoms with E-state index in [1.165, 1.54) is 6.20 Å². The van der Waals surface area contributed by atoms with Crippen LogP contribution in [0.2, 0.25) is 0 Å². The van der Waals surface area contributed by atoms with Gasteiger partial charge < -0.3 is 10.4 Å². The predicted molar refractivity (Wildman–Crippen MR) is 75.1 cm³/mol. The number of nitrogens with zero attached hydrogens (tertiary/aromatic N) is 2. The van der Waals surface area contributed by atoms with E-state index in [1.54, 1.807) is 30.5 Å². The molecule has 0 saturated heterocycles. The van der Waals surface area contributed by atoms with E-state index in [0.717, 1.165) is 5.69 Å². The quantitative estimate of drug-likeness (QED) is 0.806. The molecular formula is C15H13N3O2. The molecule has 0 radical (unpaired) electrons. The number of carbonyl (C=O) groups excluding carboxylic acids is 1. The number of amides is 1. The van der Waals surface area contributed by atoms with Crippen LogP contribution in [0.3, 0.4) is 0 Å². The zero-order valence-corrected chi connectivity index (χ0v) is 10.9. The van der Waals surface area contributed by atoms with Crippen molar-refractivity contribution in [2.24, 2.45) is 0 Å². The highest BCUT2D eigenvalue weighted by molar-refractivity contribution is 6.03. The molecule has 0 bridgehead atoms. The Labute approximate surface area is 116 Å². The highest BCUT2D eigenvalue weighted by Crippen LogP contribution is 2.08. The fourth-order valence-electron chi connectivity index (χ4n) is 1.51. The third kappa shape index (κ3) is 3.64. The van der Waals surface area contributed by atoms with Crippen molar-refractivity contribution < 1.29 is 9.90 Å². The monoisotopic (exact) mass is 267 g/mol. The number of carbonyl (C=O) groups is 1. The van der Waals surface area contributed by atoms with E-state index in [9.17, 15) is 4.79 Å². The second-order valence-electron chi connectivity index (χ2n) is 4.03. The van der Waals surface area contributed by atoms with E-state index in [1.807, 2.05) is 6.92 Å². The standard InChI is InChI=1S/C15H13N3O2/c1-11-4-5-13(10-17-11)15(20)18-14-9-12(3-2-8-19)6-7-16-14/h4-7,9-10,19H,8H2,1H3,(H,16,18,20). The van der Waals surface area contributed by atoms with Crippen LogP contribution in [0.1, 0.15) is 21.6 Å². The molecule has 2 heterocycles. The van der Waals surface area contributed by atoms with Crippen LogP contribution >= 0.6 is 0 Å². The minimum Gasteiger partial charge on any atom is -0.384 e. The first-order valence-corrected chi connectivity index (χ1v) is 5.99. The van der Waals surface area contributed by atoms with E-state index in [4.69, 9.17) is 5.11 Å². The molecule has 0 unspecified atom stereocenters. The van der Waals surface area contributed by atoms with Gasteiger partial charge in [0.25, 0.3) is 5.91 Å². The van der Waals surface area contributed by atoms with Crippen molar-refractivity contribution in [3.63, 3.8) is 0 Å². The Morgan fingerprint density at radius 2 is 2.20 bits per heavy atom. The van der Waals surface area contributed by atoms with Gasteiger partial charge in [-0.25, -0.2) is 4.98 Å². The summed E-state index contributed by atoms with van der Waals surface area (Å²) in [7, 11) is 0. The average molecular weight is 267 g/mol. The van der Waals surface area contributed by atoms with Gasteiger partial charge in [-0.2, -0.15) is 0 Å². The van der Waals surface area contributed by atoms with Crippen molar-refractivity contribution in [1.29, 1.82) is 0 Å². The number of rotatable bonds is 2. The highest BCUT2D eigenvalue weighted by atomic mass is 16.2. The molecule has 0 aliphatic rings. The summed E-state index contributed by atoms with van der Waals surface area (Å²) in [6, 6.07) is 6.81. The lowest BCUT2D eigenvalue weighted by molar-refractivity contribution is 0.102. The number of aromatic nitrogens is 2. The molecule has 100 valence electrons. The molecule has 0 aliphatic carbocycles. The van der Waals surface area contributed by atoms with E-state index in [0.29, 0.717) is 16.9 Å². The summed E-state index contributed by atoms with van der Waals surface area (Å²) in [5, 5.41) is 11.3. The average Bonchev–Trinajstić information content (AvgIpc) is 2.46. The lowest BCUT2D eigenvalue weighted by Gasteiger charge is -2.04. The van der Waals surface area contributed by atoms with Gasteiger partial charge in [0.2, 0.25) is 0 Å². The van der Waals surface area contributed by atoms with Gasteiger partial charge in [-0.3, -0.25) is 9.78 Å². The van der Waals surface area contributed by atoms with Crippen molar-refractivity contribution >= 4 is 11.7 Å². The fraction of sp³-hybridized carbons (Fsp3) is 0.133. The molecular weight excluding hydrogens is 254 g/mol. The van der Waals surface area contributed by atoms with Crippen LogP contribution in [0.25, 0.3) is 0 Å². The smallest absolute Gasteiger partial charge is 0.258 e. The number of aryl methyl sites for hydroxylation is 1. The Kier molecular flexibility index (Phi) is 4.43. The Morgan fingerprint density at radius 1 is 1.35 bits per heavy atom. The summed E-state index contributed by atoms with van der Waals surface area (Å²) < 4.78 is 0. The summed E-state index contributed by atoms with van der Waals surface area (Å²) >= 11 is 0. The lowest BCUT2D eigenvalue weighted by Crippen LogP contribution is -2.13. The summed E-state index contributed by atoms with van der Waals surface area (Å²) in [5.74, 6) is 5.41. The van der Waals surface area contributed by atoms with Crippen LogP contribution in [-0.2, 0) is 0 Å². The summed E-state index contributed by atoms with van der Waals surface area (Å²) in [6.45, 7) is 1.64. The summed E-state index contributed by atoms with van der Waals surface area (Å²) in [4.78, 5) is 20.1. The van der Waals surface area contributed by atoms with Gasteiger partial charge in [-0.15, -0.1) is 0 Å². The largest absolute Gasteiger partial charge is 0.384 e. The van der Waals surface area contributed by atoms with Crippen LogP contribution in [0.4, 0.5) is 5.82 Å². The molecule has 2 aromatic heterocycles. The Balaban J connectivity index is 2.13. The van der Waals surface area contributed by atoms with Crippen molar-refractivity contribution in [3.8, 4) is 11.8 Å². The van der Waals surface area contributed by atoms with Crippen LogP contribution in [0.5, 0.6) is 0 Å². The van der Waals surface area contributed by atoms with Crippen LogP contribution < -0.4 is 5.32 Å². The number of aliphatic hydroxyl groups is 1. The normalized spacial score (nSPS) is 9.50. The maximum atomic E-state index is 12.0. The zero-order valence-electron chi connectivity index (χ0n) is 10.9. The fourth-order valence-corrected chi connectivity index (χ4v) is 1.51. The van der Waals surface area contributed by atoms with E-state index in [-0.39, 0.29) is 12.5 Å². The van der Waals surface area contributed by atoms with Crippen molar-refractivity contribution in [2.45, 2.75) is 6.92 Å². The first kappa shape index (κ1) is 13.7. The molecule has 2 aromatic rings. The minimum absolute atomic E-state index is 0.209. The van der Waals surface area contributed by atoms with Gasteiger partial charge in [-0.05, 0) is 31.2 Å². The van der Waals surface area contributed by atoms with Gasteiger partial charge >= 0.3 is 0 Å². The number of nitrogens with one attached hydrogen (secondary N) is 1. The molecule has 0 aromatic carbocycles. The SMILES string of the molecule is Cc1ccc(C(=O)Nc2cc(C#CCO)ccn2)cn1. The molecule has 5 heteroatoms. The van der Waals surface area contributed by atoms with Crippen molar-refractivity contribution in [2.75, 3.05) is 11.9 Å². The molecule has 2 N–H and O–H groups in total. The second kappa shape index (κ2) is 6.45. The van der Waals surface area contributed by atoms with Gasteiger partial charge in [0.15, 0.2) is 0 Å². The summed E-state index contributed by atoms with van der Waals surface area (Å²) in [5.41, 5.74) is 1.98. The molecule has 0 aliphatic heterocycles. The predicted octanol–water partition coefficient (Wildman–Crippen LogP) is 1.38. The van der Waals surface area contributed by atoms with E-state index >= 15 is 0 Å². The maximum absolute atomic E-state index is 12.0. The van der Waals surface area contributed by atoms with Crippen LogP contribution in [0, 0.1) is 18.8 Å². The lowest BCUT2D eigenvalue weighted by atomic mass is 10.2. The van der Waals surface area contributed by atoms with Gasteiger partial charge in [-0.1, -0.05) is 11.8 Å². The highest BCUT2D eigenvalue weighted by Gasteiger charge is 2.07. The first-order valence-electron chi connectivity index (χ1n) is 5.99. The van der Waals surface area contributed by atoms with E-state index in [2.05, 4.69) is 27.1 Å². The molecule has 0 spiro atoms. The Morgan fingerprint density at radius 3 is 2.90 bits per heavy atom. The zero-order chi connectivity index (χ0) is 14.4. The topological polar surface area (TPSA) is 75.1 Å². The minimum atomic E-state index is -0.280. The molecule has 1 amide bonds. The number of pyridine rings is 2. The third-order valence-electron chi connectivity index (χ3n) is 2.49. The Hall–Kier alpha value is -2.71. The second-order valence-corrected chi connectivity index (χ2v) is 4.03. The molecule has 20 heavy (non-hydrogen) atoms. The van der Waals surface area contributed by atoms with Crippen molar-refractivity contribution in [1.82, 2.24) is 9.97 Å². The maximum Gasteiger partial charge on any atom is 0.258 e. The number of anilines is 1. The molecule has 0 fully saturated rings. The first-order chi connectivity index (χ1) is 9.69. The van der Waals surface area contributed by atoms with Crippen LogP contribution in [-0.4, -0.2) is 27.6 Å². The molecule has 5 nitrogen and oxygen atoms in total. The molecule has 0 atom stereocenters. The Bertz CT molecular complexity index is 670. The van der Waals surface area contributed by atoms with Crippen LogP contribution in [0.15, 0.2) is 36.7 Å². The van der Waals surface area contributed by atoms with Gasteiger partial charge in [0.05, 0.1) is 5.56 Å². The van der Waals surface area contributed by atoms with E-state index < -0.39 is 0 Å². The number of hydrogen-bond donors (Lipinski definition) is 2. The molecule has 0 saturated carbocycles. The number of hydrogen-bond acceptors (Lipinski definition) is 4. The van der Waals surface area contributed by atoms with Crippen molar-refractivity contribution in [3.05, 3.63) is 53.5 Å².